The number of alkyl carbamates (subject to hydrolysis) is 1. The van der Waals surface area contributed by atoms with E-state index in [4.69, 9.17) is 14.5 Å². The lowest BCUT2D eigenvalue weighted by Gasteiger charge is -2.17. The molecule has 2 aliphatic heterocycles. The quantitative estimate of drug-likeness (QED) is 0.232. The Morgan fingerprint density at radius 3 is 2.69 bits per heavy atom. The molecule has 1 saturated heterocycles. The zero-order valence-corrected chi connectivity index (χ0v) is 25.3. The fourth-order valence-corrected chi connectivity index (χ4v) is 6.09. The minimum Gasteiger partial charge on any atom is -0.496 e. The van der Waals surface area contributed by atoms with E-state index >= 15 is 0 Å². The van der Waals surface area contributed by atoms with Gasteiger partial charge in [-0.2, -0.15) is 0 Å². The zero-order valence-electron chi connectivity index (χ0n) is 24.5. The van der Waals surface area contributed by atoms with E-state index in [1.807, 2.05) is 72.8 Å². The topological polar surface area (TPSA) is 122 Å². The van der Waals surface area contributed by atoms with E-state index in [1.165, 1.54) is 11.8 Å². The normalized spacial score (nSPS) is 17.6. The average Bonchev–Trinajstić information content (AvgIpc) is 3.69. The molecule has 45 heavy (non-hydrogen) atoms. The molecule has 0 spiro atoms. The first-order valence-corrected chi connectivity index (χ1v) is 15.4. The molecular weight excluding hydrogens is 590 g/mol. The van der Waals surface area contributed by atoms with Crippen molar-refractivity contribution >= 4 is 57.0 Å². The highest BCUT2D eigenvalue weighted by Crippen LogP contribution is 2.42. The maximum Gasteiger partial charge on any atom is 0.408 e. The lowest BCUT2D eigenvalue weighted by Crippen LogP contribution is -2.41. The maximum absolute atomic E-state index is 13.8. The van der Waals surface area contributed by atoms with E-state index in [-0.39, 0.29) is 12.5 Å². The monoisotopic (exact) mass is 621 g/mol. The van der Waals surface area contributed by atoms with Crippen molar-refractivity contribution in [1.29, 1.82) is 0 Å². The van der Waals surface area contributed by atoms with E-state index in [1.54, 1.807) is 36.4 Å². The third kappa shape index (κ3) is 7.15. The second kappa shape index (κ2) is 13.6. The second-order valence-electron chi connectivity index (χ2n) is 10.5. The predicted octanol–water partition coefficient (Wildman–Crippen LogP) is 6.10. The summed E-state index contributed by atoms with van der Waals surface area (Å²) in [6, 6.07) is 23.3. The number of nitrogens with one attached hydrogen (secondary N) is 2. The number of nitrogens with zero attached hydrogens (tertiary/aromatic N) is 3. The van der Waals surface area contributed by atoms with Gasteiger partial charge in [-0.25, -0.2) is 9.79 Å². The standard InChI is InChI=1S/C34H31N5O5S/c1-22(36-34(42)44-21-23-7-3-2-4-8-23)31(40)37-26-14-12-25(13-15-26)30-32(41)39(20-27-10-6-18-43-27)33(45-30)38-29-11-5-9-24-16-17-35-19-28(24)29/h2-5,7-17,19,22,30H,6,18,20-21H2,1H3,(H,36,42)(H,37,40)/t22-,30?/m0/s1. The van der Waals surface area contributed by atoms with E-state index in [2.05, 4.69) is 15.6 Å². The van der Waals surface area contributed by atoms with Gasteiger partial charge in [0.2, 0.25) is 11.8 Å². The van der Waals surface area contributed by atoms with Gasteiger partial charge in [-0.1, -0.05) is 66.4 Å². The number of hydrogen-bond acceptors (Lipinski definition) is 8. The Labute approximate surface area is 264 Å². The average molecular weight is 622 g/mol. The molecule has 0 aliphatic carbocycles. The van der Waals surface area contributed by atoms with E-state index in [9.17, 15) is 14.4 Å². The molecule has 3 amide bonds. The summed E-state index contributed by atoms with van der Waals surface area (Å²) in [6.45, 7) is 2.59. The van der Waals surface area contributed by atoms with Crippen LogP contribution in [0.25, 0.3) is 10.8 Å². The molecule has 4 aromatic rings. The highest BCUT2D eigenvalue weighted by molar-refractivity contribution is 8.15. The van der Waals surface area contributed by atoms with Crippen LogP contribution in [-0.2, 0) is 25.7 Å². The highest BCUT2D eigenvalue weighted by atomic mass is 32.2. The van der Waals surface area contributed by atoms with Crippen LogP contribution in [-0.4, -0.2) is 52.2 Å². The molecule has 3 aromatic carbocycles. The van der Waals surface area contributed by atoms with Gasteiger partial charge in [0.25, 0.3) is 0 Å². The molecule has 10 nitrogen and oxygen atoms in total. The van der Waals surface area contributed by atoms with E-state index in [0.717, 1.165) is 39.8 Å². The van der Waals surface area contributed by atoms with Crippen LogP contribution < -0.4 is 10.6 Å². The molecule has 1 aromatic heterocycles. The SMILES string of the molecule is C[C@H](NC(=O)OCc1ccccc1)C(=O)Nc1ccc(C2SC(=Nc3cccc4ccncc34)N(CC3=CCCO3)C2=O)cc1. The molecule has 0 radical (unpaired) electrons. The van der Waals surface area contributed by atoms with Crippen molar-refractivity contribution in [3.05, 3.63) is 114 Å². The number of aliphatic imine (C=N–C) groups is 1. The zero-order chi connectivity index (χ0) is 31.2. The Hall–Kier alpha value is -5.16. The van der Waals surface area contributed by atoms with Crippen LogP contribution in [0, 0.1) is 0 Å². The minimum absolute atomic E-state index is 0.0999. The summed E-state index contributed by atoms with van der Waals surface area (Å²) in [7, 11) is 0. The van der Waals surface area contributed by atoms with Crippen LogP contribution in [0.4, 0.5) is 16.2 Å². The number of amidine groups is 1. The van der Waals surface area contributed by atoms with Gasteiger partial charge in [0, 0.05) is 29.9 Å². The Morgan fingerprint density at radius 1 is 1.09 bits per heavy atom. The molecule has 2 N–H and O–H groups in total. The number of pyridine rings is 1. The van der Waals surface area contributed by atoms with Gasteiger partial charge < -0.3 is 20.1 Å². The molecule has 0 saturated carbocycles. The predicted molar refractivity (Wildman–Crippen MR) is 174 cm³/mol. The number of benzene rings is 3. The number of ether oxygens (including phenoxy) is 2. The number of carbonyl (C=O) groups excluding carboxylic acids is 3. The number of anilines is 1. The summed E-state index contributed by atoms with van der Waals surface area (Å²) in [5.41, 5.74) is 2.88. The molecular formula is C34H31N5O5S. The molecule has 6 rings (SSSR count). The summed E-state index contributed by atoms with van der Waals surface area (Å²) in [5, 5.41) is 7.31. The first kappa shape index (κ1) is 29.9. The summed E-state index contributed by atoms with van der Waals surface area (Å²) < 4.78 is 10.9. The Balaban J connectivity index is 1.13. The summed E-state index contributed by atoms with van der Waals surface area (Å²) in [4.78, 5) is 49.5. The number of amides is 3. The van der Waals surface area contributed by atoms with Crippen LogP contribution in [0.3, 0.4) is 0 Å². The molecule has 11 heteroatoms. The lowest BCUT2D eigenvalue weighted by molar-refractivity contribution is -0.126. The minimum atomic E-state index is -0.830. The smallest absolute Gasteiger partial charge is 0.408 e. The van der Waals surface area contributed by atoms with Crippen molar-refractivity contribution in [2.45, 2.75) is 31.2 Å². The molecule has 1 unspecified atom stereocenters. The fraction of sp³-hybridized carbons (Fsp3) is 0.206. The highest BCUT2D eigenvalue weighted by Gasteiger charge is 2.40. The van der Waals surface area contributed by atoms with Crippen LogP contribution in [0.5, 0.6) is 0 Å². The van der Waals surface area contributed by atoms with Gasteiger partial charge >= 0.3 is 6.09 Å². The summed E-state index contributed by atoms with van der Waals surface area (Å²) in [6.07, 6.45) is 5.64. The van der Waals surface area contributed by atoms with Crippen molar-refractivity contribution in [2.24, 2.45) is 4.99 Å². The number of hydrogen-bond donors (Lipinski definition) is 2. The summed E-state index contributed by atoms with van der Waals surface area (Å²) >= 11 is 1.38. The first-order valence-electron chi connectivity index (χ1n) is 14.5. The lowest BCUT2D eigenvalue weighted by atomic mass is 10.1. The third-order valence-corrected chi connectivity index (χ3v) is 8.57. The number of aromatic nitrogens is 1. The van der Waals surface area contributed by atoms with Gasteiger partial charge in [-0.3, -0.25) is 19.5 Å². The molecule has 1 fully saturated rings. The van der Waals surface area contributed by atoms with Gasteiger partial charge in [0.05, 0.1) is 18.8 Å². The molecule has 0 bridgehead atoms. The molecule has 228 valence electrons. The number of rotatable bonds is 9. The van der Waals surface area contributed by atoms with Crippen molar-refractivity contribution < 1.29 is 23.9 Å². The van der Waals surface area contributed by atoms with Crippen LogP contribution in [0.15, 0.2) is 108 Å². The Bertz CT molecular complexity index is 1770. The third-order valence-electron chi connectivity index (χ3n) is 7.33. The maximum atomic E-state index is 13.8. The number of thioether (sulfide) groups is 1. The van der Waals surface area contributed by atoms with Crippen molar-refractivity contribution in [2.75, 3.05) is 18.5 Å². The molecule has 2 aliphatic rings. The van der Waals surface area contributed by atoms with Crippen molar-refractivity contribution in [3.63, 3.8) is 0 Å². The van der Waals surface area contributed by atoms with E-state index < -0.39 is 23.3 Å². The number of fused-ring (bicyclic) bond motifs is 1. The van der Waals surface area contributed by atoms with Crippen LogP contribution >= 0.6 is 11.8 Å². The van der Waals surface area contributed by atoms with Crippen LogP contribution in [0.1, 0.15) is 29.7 Å². The van der Waals surface area contributed by atoms with Crippen LogP contribution in [0.2, 0.25) is 0 Å². The summed E-state index contributed by atoms with van der Waals surface area (Å²) in [5.74, 6) is 0.250. The van der Waals surface area contributed by atoms with Crippen molar-refractivity contribution in [1.82, 2.24) is 15.2 Å². The largest absolute Gasteiger partial charge is 0.496 e. The molecule has 2 atom stereocenters. The Morgan fingerprint density at radius 2 is 1.91 bits per heavy atom. The second-order valence-corrected chi connectivity index (χ2v) is 11.6. The van der Waals surface area contributed by atoms with E-state index in [0.29, 0.717) is 24.0 Å². The van der Waals surface area contributed by atoms with Gasteiger partial charge in [0.15, 0.2) is 5.17 Å². The first-order chi connectivity index (χ1) is 21.9. The number of carbonyl (C=O) groups is 3. The van der Waals surface area contributed by atoms with Gasteiger partial charge in [-0.05, 0) is 53.8 Å². The molecule has 3 heterocycles. The van der Waals surface area contributed by atoms with Gasteiger partial charge in [-0.15, -0.1) is 0 Å². The fourth-order valence-electron chi connectivity index (χ4n) is 4.93. The Kier molecular flexibility index (Phi) is 9.06. The van der Waals surface area contributed by atoms with Crippen molar-refractivity contribution in [3.8, 4) is 0 Å². The van der Waals surface area contributed by atoms with Gasteiger partial charge in [0.1, 0.15) is 23.7 Å².